The highest BCUT2D eigenvalue weighted by Crippen LogP contribution is 2.26. The summed E-state index contributed by atoms with van der Waals surface area (Å²) >= 11 is 0. The highest BCUT2D eigenvalue weighted by Gasteiger charge is 2.37. The SMILES string of the molecule is O=C1CCCC1C(=O)N(C(=O)Nc1ccccc1)c1ccccc1. The predicted molar refractivity (Wildman–Crippen MR) is 91.7 cm³/mol. The molecule has 5 nitrogen and oxygen atoms in total. The van der Waals surface area contributed by atoms with Crippen LogP contribution in [0.15, 0.2) is 60.7 Å². The summed E-state index contributed by atoms with van der Waals surface area (Å²) < 4.78 is 0. The van der Waals surface area contributed by atoms with Crippen LogP contribution in [0.3, 0.4) is 0 Å². The van der Waals surface area contributed by atoms with E-state index in [1.807, 2.05) is 12.1 Å². The van der Waals surface area contributed by atoms with Crippen LogP contribution in [0.4, 0.5) is 16.2 Å². The molecule has 2 aromatic rings. The number of carbonyl (C=O) groups excluding carboxylic acids is 3. The second kappa shape index (κ2) is 7.08. The van der Waals surface area contributed by atoms with Crippen molar-refractivity contribution in [1.82, 2.24) is 0 Å². The maximum atomic E-state index is 12.8. The predicted octanol–water partition coefficient (Wildman–Crippen LogP) is 3.62. The molecular weight excluding hydrogens is 304 g/mol. The first kappa shape index (κ1) is 15.9. The monoisotopic (exact) mass is 322 g/mol. The minimum atomic E-state index is -0.730. The lowest BCUT2D eigenvalue weighted by Crippen LogP contribution is -2.44. The van der Waals surface area contributed by atoms with Gasteiger partial charge >= 0.3 is 6.03 Å². The molecule has 1 aliphatic rings. The van der Waals surface area contributed by atoms with Gasteiger partial charge in [-0.1, -0.05) is 36.4 Å². The Morgan fingerprint density at radius 1 is 0.958 bits per heavy atom. The summed E-state index contributed by atoms with van der Waals surface area (Å²) in [5.74, 6) is -1.28. The van der Waals surface area contributed by atoms with Gasteiger partial charge in [0.2, 0.25) is 5.91 Å². The fraction of sp³-hybridized carbons (Fsp3) is 0.211. The molecule has 0 radical (unpaired) electrons. The summed E-state index contributed by atoms with van der Waals surface area (Å²) in [6, 6.07) is 17.0. The fourth-order valence-corrected chi connectivity index (χ4v) is 2.86. The number of nitrogens with zero attached hydrogens (tertiary/aromatic N) is 1. The van der Waals surface area contributed by atoms with E-state index in [2.05, 4.69) is 5.32 Å². The van der Waals surface area contributed by atoms with E-state index in [1.54, 1.807) is 48.5 Å². The van der Waals surface area contributed by atoms with Crippen molar-refractivity contribution < 1.29 is 14.4 Å². The summed E-state index contributed by atoms with van der Waals surface area (Å²) in [6.45, 7) is 0. The van der Waals surface area contributed by atoms with E-state index in [0.717, 1.165) is 4.90 Å². The lowest BCUT2D eigenvalue weighted by Gasteiger charge is -2.23. The van der Waals surface area contributed by atoms with Crippen LogP contribution >= 0.6 is 0 Å². The van der Waals surface area contributed by atoms with Gasteiger partial charge in [0, 0.05) is 12.1 Å². The van der Waals surface area contributed by atoms with Gasteiger partial charge in [-0.25, -0.2) is 9.69 Å². The molecule has 0 bridgehead atoms. The molecule has 1 fully saturated rings. The summed E-state index contributed by atoms with van der Waals surface area (Å²) in [7, 11) is 0. The normalized spacial score (nSPS) is 16.7. The molecule has 1 unspecified atom stereocenters. The average molecular weight is 322 g/mol. The zero-order valence-corrected chi connectivity index (χ0v) is 13.1. The van der Waals surface area contributed by atoms with Crippen molar-refractivity contribution in [3.63, 3.8) is 0 Å². The van der Waals surface area contributed by atoms with Crippen molar-refractivity contribution >= 4 is 29.1 Å². The Kier molecular flexibility index (Phi) is 4.70. The van der Waals surface area contributed by atoms with E-state index in [1.165, 1.54) is 0 Å². The summed E-state index contributed by atoms with van der Waals surface area (Å²) in [4.78, 5) is 38.6. The number of amides is 3. The molecule has 122 valence electrons. The van der Waals surface area contributed by atoms with E-state index in [-0.39, 0.29) is 5.78 Å². The minimum absolute atomic E-state index is 0.0894. The molecule has 0 heterocycles. The highest BCUT2D eigenvalue weighted by atomic mass is 16.2. The number of hydrogen-bond donors (Lipinski definition) is 1. The van der Waals surface area contributed by atoms with Crippen LogP contribution in [0.2, 0.25) is 0 Å². The lowest BCUT2D eigenvalue weighted by atomic mass is 10.1. The van der Waals surface area contributed by atoms with Crippen LogP contribution in [0.5, 0.6) is 0 Å². The number of benzene rings is 2. The van der Waals surface area contributed by atoms with E-state index in [4.69, 9.17) is 0 Å². The Hall–Kier alpha value is -2.95. The first-order chi connectivity index (χ1) is 11.7. The number of para-hydroxylation sites is 2. The van der Waals surface area contributed by atoms with Crippen molar-refractivity contribution in [2.24, 2.45) is 5.92 Å². The van der Waals surface area contributed by atoms with E-state index in [0.29, 0.717) is 30.6 Å². The number of hydrogen-bond acceptors (Lipinski definition) is 3. The number of rotatable bonds is 3. The molecule has 3 rings (SSSR count). The van der Waals surface area contributed by atoms with E-state index < -0.39 is 17.9 Å². The first-order valence-electron chi connectivity index (χ1n) is 7.94. The molecule has 0 saturated heterocycles. The van der Waals surface area contributed by atoms with Gasteiger partial charge in [-0.05, 0) is 37.1 Å². The fourth-order valence-electron chi connectivity index (χ4n) is 2.86. The van der Waals surface area contributed by atoms with Crippen LogP contribution in [0, 0.1) is 5.92 Å². The number of Topliss-reactive ketones (excluding diaryl/α,β-unsaturated/α-hetero) is 1. The molecule has 0 spiro atoms. The summed E-state index contributed by atoms with van der Waals surface area (Å²) in [5.41, 5.74) is 1.05. The summed E-state index contributed by atoms with van der Waals surface area (Å²) in [5, 5.41) is 2.71. The van der Waals surface area contributed by atoms with Crippen molar-refractivity contribution in [1.29, 1.82) is 0 Å². The number of ketones is 1. The Balaban J connectivity index is 1.89. The van der Waals surface area contributed by atoms with Gasteiger partial charge in [-0.3, -0.25) is 9.59 Å². The van der Waals surface area contributed by atoms with Crippen LogP contribution < -0.4 is 10.2 Å². The minimum Gasteiger partial charge on any atom is -0.307 e. The third kappa shape index (κ3) is 3.35. The van der Waals surface area contributed by atoms with Gasteiger partial charge in [-0.15, -0.1) is 0 Å². The Morgan fingerprint density at radius 3 is 2.17 bits per heavy atom. The third-order valence-corrected chi connectivity index (χ3v) is 4.07. The Morgan fingerprint density at radius 2 is 1.58 bits per heavy atom. The smallest absolute Gasteiger partial charge is 0.307 e. The largest absolute Gasteiger partial charge is 0.333 e. The van der Waals surface area contributed by atoms with E-state index in [9.17, 15) is 14.4 Å². The number of imide groups is 1. The first-order valence-corrected chi connectivity index (χ1v) is 7.94. The molecule has 0 aromatic heterocycles. The van der Waals surface area contributed by atoms with Crippen molar-refractivity contribution in [2.75, 3.05) is 10.2 Å². The molecule has 0 aliphatic heterocycles. The Bertz CT molecular complexity index is 744. The lowest BCUT2D eigenvalue weighted by molar-refractivity contribution is -0.130. The van der Waals surface area contributed by atoms with Crippen LogP contribution in [0.1, 0.15) is 19.3 Å². The molecule has 1 N–H and O–H groups in total. The Labute approximate surface area is 140 Å². The van der Waals surface area contributed by atoms with Gasteiger partial charge in [0.15, 0.2) is 0 Å². The van der Waals surface area contributed by atoms with Gasteiger partial charge in [-0.2, -0.15) is 0 Å². The second-order valence-electron chi connectivity index (χ2n) is 5.72. The number of nitrogens with one attached hydrogen (secondary N) is 1. The number of carbonyl (C=O) groups is 3. The molecule has 1 saturated carbocycles. The number of anilines is 2. The average Bonchev–Trinajstić information content (AvgIpc) is 3.03. The van der Waals surface area contributed by atoms with Gasteiger partial charge in [0.25, 0.3) is 0 Å². The molecule has 1 atom stereocenters. The second-order valence-corrected chi connectivity index (χ2v) is 5.72. The standard InChI is InChI=1S/C19H18N2O3/c22-17-13-7-12-16(17)18(23)21(15-10-5-2-6-11-15)19(24)20-14-8-3-1-4-9-14/h1-6,8-11,16H,7,12-13H2,(H,20,24). The van der Waals surface area contributed by atoms with Crippen molar-refractivity contribution in [3.05, 3.63) is 60.7 Å². The zero-order chi connectivity index (χ0) is 16.9. The topological polar surface area (TPSA) is 66.5 Å². The summed E-state index contributed by atoms with van der Waals surface area (Å²) in [6.07, 6.45) is 1.59. The molecule has 5 heteroatoms. The quantitative estimate of drug-likeness (QED) is 0.878. The molecule has 2 aromatic carbocycles. The van der Waals surface area contributed by atoms with Gasteiger partial charge in [0.05, 0.1) is 11.6 Å². The molecule has 24 heavy (non-hydrogen) atoms. The molecule has 1 aliphatic carbocycles. The zero-order valence-electron chi connectivity index (χ0n) is 13.1. The maximum Gasteiger partial charge on any atom is 0.333 e. The van der Waals surface area contributed by atoms with Gasteiger partial charge < -0.3 is 5.32 Å². The maximum absolute atomic E-state index is 12.8. The molecule has 3 amide bonds. The number of urea groups is 1. The van der Waals surface area contributed by atoms with Crippen molar-refractivity contribution in [2.45, 2.75) is 19.3 Å². The van der Waals surface area contributed by atoms with Crippen LogP contribution in [-0.4, -0.2) is 17.7 Å². The highest BCUT2D eigenvalue weighted by molar-refractivity contribution is 6.23. The van der Waals surface area contributed by atoms with Gasteiger partial charge in [0.1, 0.15) is 5.78 Å². The third-order valence-electron chi connectivity index (χ3n) is 4.07. The van der Waals surface area contributed by atoms with E-state index >= 15 is 0 Å². The van der Waals surface area contributed by atoms with Crippen LogP contribution in [-0.2, 0) is 9.59 Å². The van der Waals surface area contributed by atoms with Crippen LogP contribution in [0.25, 0.3) is 0 Å². The van der Waals surface area contributed by atoms with Crippen molar-refractivity contribution in [3.8, 4) is 0 Å². The molecular formula is C19H18N2O3.